The van der Waals surface area contributed by atoms with Gasteiger partial charge >= 0.3 is 5.97 Å². The Balaban J connectivity index is 1.45. The quantitative estimate of drug-likeness (QED) is 0.209. The van der Waals surface area contributed by atoms with Crippen LogP contribution in [-0.4, -0.2) is 29.0 Å². The average Bonchev–Trinajstić information content (AvgIpc) is 3.35. The molecule has 1 aliphatic rings. The number of ether oxygens (including phenoxy) is 1. The summed E-state index contributed by atoms with van der Waals surface area (Å²) in [5.41, 5.74) is 1.41. The van der Waals surface area contributed by atoms with E-state index in [1.54, 1.807) is 29.5 Å². The van der Waals surface area contributed by atoms with Crippen LogP contribution < -0.4 is 9.64 Å². The smallest absolute Gasteiger partial charge is 0.336 e. The lowest BCUT2D eigenvalue weighted by molar-refractivity contribution is -0.384. The zero-order valence-corrected chi connectivity index (χ0v) is 15.7. The number of aromatic nitrogens is 1. The van der Waals surface area contributed by atoms with Gasteiger partial charge in [0.15, 0.2) is 5.13 Å². The largest absolute Gasteiger partial charge is 0.423 e. The number of nitrogens with zero attached hydrogens (tertiary/aromatic N) is 3. The van der Waals surface area contributed by atoms with Crippen molar-refractivity contribution in [3.8, 4) is 5.75 Å². The summed E-state index contributed by atoms with van der Waals surface area (Å²) in [5.74, 6) is -0.104. The molecule has 2 heterocycles. The topological polar surface area (TPSA) is 85.6 Å². The van der Waals surface area contributed by atoms with Crippen molar-refractivity contribution in [2.24, 2.45) is 0 Å². The molecule has 0 spiro atoms. The van der Waals surface area contributed by atoms with E-state index in [4.69, 9.17) is 4.74 Å². The first kappa shape index (κ1) is 18.1. The lowest BCUT2D eigenvalue weighted by Gasteiger charge is -2.11. The normalized spacial score (nSPS) is 14.1. The van der Waals surface area contributed by atoms with Crippen molar-refractivity contribution >= 4 is 44.4 Å². The Morgan fingerprint density at radius 1 is 1.21 bits per heavy atom. The molecular weight excluding hydrogens is 378 g/mol. The zero-order valence-electron chi connectivity index (χ0n) is 14.9. The van der Waals surface area contributed by atoms with Gasteiger partial charge in [0.25, 0.3) is 5.69 Å². The molecule has 0 unspecified atom stereocenters. The van der Waals surface area contributed by atoms with Crippen LogP contribution in [0.25, 0.3) is 16.3 Å². The number of esters is 1. The Kier molecular flexibility index (Phi) is 5.03. The Morgan fingerprint density at radius 3 is 2.82 bits per heavy atom. The van der Waals surface area contributed by atoms with E-state index in [9.17, 15) is 14.9 Å². The van der Waals surface area contributed by atoms with Crippen molar-refractivity contribution < 1.29 is 14.5 Å². The number of anilines is 1. The SMILES string of the molecule is O=C(/C=C/c1cccc([N+](=O)[O-])c1)Oc1ccc2nc(N3CCCC3)sc2c1. The van der Waals surface area contributed by atoms with Crippen LogP contribution in [0.1, 0.15) is 18.4 Å². The van der Waals surface area contributed by atoms with E-state index < -0.39 is 10.9 Å². The van der Waals surface area contributed by atoms with Gasteiger partial charge in [-0.3, -0.25) is 10.1 Å². The van der Waals surface area contributed by atoms with Gasteiger partial charge in [0.1, 0.15) is 5.75 Å². The van der Waals surface area contributed by atoms with Crippen LogP contribution in [0.3, 0.4) is 0 Å². The second-order valence-corrected chi connectivity index (χ2v) is 7.44. The summed E-state index contributed by atoms with van der Waals surface area (Å²) in [6.45, 7) is 2.06. The van der Waals surface area contributed by atoms with E-state index in [0.29, 0.717) is 11.3 Å². The highest BCUT2D eigenvalue weighted by atomic mass is 32.1. The molecule has 1 fully saturated rings. The van der Waals surface area contributed by atoms with E-state index >= 15 is 0 Å². The van der Waals surface area contributed by atoms with Crippen LogP contribution in [0.5, 0.6) is 5.75 Å². The molecule has 0 atom stereocenters. The number of nitro benzene ring substituents is 1. The number of benzene rings is 2. The van der Waals surface area contributed by atoms with Crippen LogP contribution in [0.15, 0.2) is 48.5 Å². The lowest BCUT2D eigenvalue weighted by atomic mass is 10.2. The molecule has 1 saturated heterocycles. The first-order chi connectivity index (χ1) is 13.6. The molecule has 0 bridgehead atoms. The maximum Gasteiger partial charge on any atom is 0.336 e. The average molecular weight is 395 g/mol. The Labute approximate surface area is 165 Å². The van der Waals surface area contributed by atoms with E-state index in [-0.39, 0.29) is 5.69 Å². The van der Waals surface area contributed by atoms with Crippen molar-refractivity contribution in [2.45, 2.75) is 12.8 Å². The minimum Gasteiger partial charge on any atom is -0.423 e. The van der Waals surface area contributed by atoms with Crippen molar-refractivity contribution in [3.63, 3.8) is 0 Å². The number of rotatable bonds is 5. The predicted molar refractivity (Wildman–Crippen MR) is 109 cm³/mol. The van der Waals surface area contributed by atoms with E-state index in [0.717, 1.165) is 28.4 Å². The summed E-state index contributed by atoms with van der Waals surface area (Å²) in [4.78, 5) is 29.3. The van der Waals surface area contributed by atoms with E-state index in [1.807, 2.05) is 12.1 Å². The van der Waals surface area contributed by atoms with Gasteiger partial charge in [-0.25, -0.2) is 9.78 Å². The van der Waals surface area contributed by atoms with Crippen LogP contribution in [0.2, 0.25) is 0 Å². The highest BCUT2D eigenvalue weighted by Gasteiger charge is 2.16. The number of nitro groups is 1. The number of thiazole rings is 1. The van der Waals surface area contributed by atoms with Gasteiger partial charge in [-0.15, -0.1) is 0 Å². The van der Waals surface area contributed by atoms with Crippen LogP contribution in [0.4, 0.5) is 10.8 Å². The van der Waals surface area contributed by atoms with Gasteiger partial charge in [-0.2, -0.15) is 0 Å². The highest BCUT2D eigenvalue weighted by molar-refractivity contribution is 7.22. The summed E-state index contributed by atoms with van der Waals surface area (Å²) < 4.78 is 6.33. The summed E-state index contributed by atoms with van der Waals surface area (Å²) in [6, 6.07) is 11.4. The molecule has 2 aromatic carbocycles. The van der Waals surface area contributed by atoms with Crippen molar-refractivity contribution in [2.75, 3.05) is 18.0 Å². The molecule has 3 aromatic rings. The second-order valence-electron chi connectivity index (χ2n) is 6.43. The maximum absolute atomic E-state index is 12.1. The molecule has 8 heteroatoms. The lowest BCUT2D eigenvalue weighted by Crippen LogP contribution is -2.16. The van der Waals surface area contributed by atoms with Gasteiger partial charge in [-0.1, -0.05) is 23.5 Å². The van der Waals surface area contributed by atoms with Gasteiger partial charge in [0.05, 0.1) is 15.1 Å². The summed E-state index contributed by atoms with van der Waals surface area (Å²) in [6.07, 6.45) is 5.13. The third-order valence-electron chi connectivity index (χ3n) is 4.44. The number of carbonyl (C=O) groups excluding carboxylic acids is 1. The van der Waals surface area contributed by atoms with Gasteiger partial charge in [-0.05, 0) is 36.6 Å². The molecule has 4 rings (SSSR count). The molecule has 7 nitrogen and oxygen atoms in total. The van der Waals surface area contributed by atoms with Gasteiger partial charge in [0, 0.05) is 37.4 Å². The molecule has 1 aromatic heterocycles. The number of carbonyl (C=O) groups is 1. The molecule has 0 saturated carbocycles. The Hall–Kier alpha value is -3.26. The first-order valence-electron chi connectivity index (χ1n) is 8.88. The van der Waals surface area contributed by atoms with Crippen LogP contribution in [0, 0.1) is 10.1 Å². The fourth-order valence-corrected chi connectivity index (χ4v) is 4.10. The third kappa shape index (κ3) is 4.01. The number of non-ortho nitro benzene ring substituents is 1. The molecule has 28 heavy (non-hydrogen) atoms. The monoisotopic (exact) mass is 395 g/mol. The fourth-order valence-electron chi connectivity index (χ4n) is 3.06. The van der Waals surface area contributed by atoms with Crippen molar-refractivity contribution in [3.05, 3.63) is 64.2 Å². The van der Waals surface area contributed by atoms with Gasteiger partial charge in [0.2, 0.25) is 0 Å². The maximum atomic E-state index is 12.1. The van der Waals surface area contributed by atoms with Gasteiger partial charge < -0.3 is 9.64 Å². The summed E-state index contributed by atoms with van der Waals surface area (Å²) >= 11 is 1.59. The van der Waals surface area contributed by atoms with E-state index in [1.165, 1.54) is 37.1 Å². The molecule has 0 amide bonds. The number of hydrogen-bond acceptors (Lipinski definition) is 7. The minimum atomic E-state index is -0.546. The standard InChI is InChI=1S/C20H17N3O4S/c24-19(9-6-14-4-3-5-15(12-14)23(25)26)27-16-7-8-17-18(13-16)28-20(21-17)22-10-1-2-11-22/h3-9,12-13H,1-2,10-11H2/b9-6+. The molecule has 0 N–H and O–H groups in total. The number of fused-ring (bicyclic) bond motifs is 1. The van der Waals surface area contributed by atoms with Crippen LogP contribution in [-0.2, 0) is 4.79 Å². The highest BCUT2D eigenvalue weighted by Crippen LogP contribution is 2.33. The number of hydrogen-bond donors (Lipinski definition) is 0. The van der Waals surface area contributed by atoms with Crippen molar-refractivity contribution in [1.82, 2.24) is 4.98 Å². The van der Waals surface area contributed by atoms with E-state index in [2.05, 4.69) is 9.88 Å². The zero-order chi connectivity index (χ0) is 19.5. The molecule has 0 aliphatic carbocycles. The Bertz CT molecular complexity index is 1070. The third-order valence-corrected chi connectivity index (χ3v) is 5.52. The Morgan fingerprint density at radius 2 is 2.04 bits per heavy atom. The first-order valence-corrected chi connectivity index (χ1v) is 9.70. The molecular formula is C20H17N3O4S. The van der Waals surface area contributed by atoms with Crippen molar-refractivity contribution in [1.29, 1.82) is 0 Å². The fraction of sp³-hybridized carbons (Fsp3) is 0.200. The molecule has 0 radical (unpaired) electrons. The second kappa shape index (κ2) is 7.77. The molecule has 142 valence electrons. The predicted octanol–water partition coefficient (Wildman–Crippen LogP) is 4.42. The van der Waals surface area contributed by atoms with Crippen LogP contribution >= 0.6 is 11.3 Å². The minimum absolute atomic E-state index is 0.0278. The summed E-state index contributed by atoms with van der Waals surface area (Å²) in [5, 5.41) is 11.8. The molecule has 1 aliphatic heterocycles. The summed E-state index contributed by atoms with van der Waals surface area (Å²) in [7, 11) is 0.